The quantitative estimate of drug-likeness (QED) is 0.656. The highest BCUT2D eigenvalue weighted by Gasteiger charge is 2.56. The Bertz CT molecular complexity index is 695. The Morgan fingerprint density at radius 3 is 2.58 bits per heavy atom. The lowest BCUT2D eigenvalue weighted by Crippen LogP contribution is -2.55. The van der Waals surface area contributed by atoms with Crippen LogP contribution in [0.3, 0.4) is 0 Å². The van der Waals surface area contributed by atoms with E-state index in [1.54, 1.807) is 0 Å². The Kier molecular flexibility index (Phi) is 5.47. The second-order valence-corrected chi connectivity index (χ2v) is 8.58. The highest BCUT2D eigenvalue weighted by atomic mass is 32.2. The summed E-state index contributed by atoms with van der Waals surface area (Å²) in [6, 6.07) is 9.50. The monoisotopic (exact) mass is 352 g/mol. The normalized spacial score (nSPS) is 18.4. The van der Waals surface area contributed by atoms with Gasteiger partial charge in [0.05, 0.1) is 18.8 Å². The molecule has 1 fully saturated rings. The first-order chi connectivity index (χ1) is 11.2. The van der Waals surface area contributed by atoms with Crippen LogP contribution in [-0.2, 0) is 26.2 Å². The maximum Gasteiger partial charge on any atom is 0.253 e. The number of nitrogens with one attached hydrogen (secondary N) is 1. The summed E-state index contributed by atoms with van der Waals surface area (Å²) in [5.41, 5.74) is 5.50. The zero-order chi connectivity index (χ0) is 17.8. The van der Waals surface area contributed by atoms with Crippen LogP contribution < -0.4 is 10.5 Å². The third-order valence-corrected chi connectivity index (χ3v) is 6.29. The van der Waals surface area contributed by atoms with Crippen molar-refractivity contribution in [3.63, 3.8) is 0 Å². The summed E-state index contributed by atoms with van der Waals surface area (Å²) in [5, 5.41) is 0. The highest BCUT2D eigenvalue weighted by Crippen LogP contribution is 2.43. The van der Waals surface area contributed by atoms with Gasteiger partial charge >= 0.3 is 0 Å². The van der Waals surface area contributed by atoms with Crippen LogP contribution in [0.4, 0.5) is 0 Å². The van der Waals surface area contributed by atoms with Crippen LogP contribution in [0.1, 0.15) is 31.7 Å². The zero-order valence-electron chi connectivity index (χ0n) is 13.8. The summed E-state index contributed by atoms with van der Waals surface area (Å²) in [5.74, 6) is -0.725. The zero-order valence-corrected chi connectivity index (χ0v) is 14.6. The van der Waals surface area contributed by atoms with Crippen LogP contribution in [0.2, 0.25) is 0 Å². The maximum atomic E-state index is 12.5. The van der Waals surface area contributed by atoms with Gasteiger partial charge in [0.2, 0.25) is 10.0 Å². The molecule has 0 spiro atoms. The minimum absolute atomic E-state index is 0.0489. The summed E-state index contributed by atoms with van der Waals surface area (Å²) in [7, 11) is -3.84. The molecule has 1 aromatic rings. The molecule has 7 heteroatoms. The lowest BCUT2D eigenvalue weighted by Gasteiger charge is -2.24. The molecule has 1 unspecified atom stereocenters. The van der Waals surface area contributed by atoms with Crippen molar-refractivity contribution in [3.8, 4) is 0 Å². The number of carbonyl (C=O) groups excluding carboxylic acids is 1. The molecule has 6 nitrogen and oxygen atoms in total. The summed E-state index contributed by atoms with van der Waals surface area (Å²) in [4.78, 5) is 12.1. The van der Waals surface area contributed by atoms with Gasteiger partial charge in [-0.25, -0.2) is 8.42 Å². The number of hydrogen-bond donors (Lipinski definition) is 2. The van der Waals surface area contributed by atoms with Crippen LogP contribution >= 0.6 is 0 Å². The second kappa shape index (κ2) is 7.04. The van der Waals surface area contributed by atoms with E-state index >= 15 is 0 Å². The average Bonchev–Trinajstić information content (AvgIpc) is 3.29. The second-order valence-electron chi connectivity index (χ2n) is 6.51. The summed E-state index contributed by atoms with van der Waals surface area (Å²) in [6.45, 7) is 5.38. The van der Waals surface area contributed by atoms with E-state index in [0.29, 0.717) is 19.4 Å². The van der Waals surface area contributed by atoms with Crippen molar-refractivity contribution < 1.29 is 17.9 Å². The van der Waals surface area contributed by atoms with Crippen molar-refractivity contribution in [2.24, 2.45) is 5.73 Å². The predicted molar refractivity (Wildman–Crippen MR) is 92.5 cm³/mol. The van der Waals surface area contributed by atoms with Gasteiger partial charge in [-0.05, 0) is 31.7 Å². The van der Waals surface area contributed by atoms with Gasteiger partial charge in [0.15, 0.2) is 0 Å². The van der Waals surface area contributed by atoms with E-state index in [9.17, 15) is 13.2 Å². The van der Waals surface area contributed by atoms with Crippen molar-refractivity contribution in [2.45, 2.75) is 43.1 Å². The van der Waals surface area contributed by atoms with Crippen LogP contribution in [0.5, 0.6) is 0 Å². The molecule has 0 aromatic heterocycles. The molecule has 2 rings (SSSR count). The number of benzene rings is 1. The molecule has 0 saturated heterocycles. The van der Waals surface area contributed by atoms with Crippen molar-refractivity contribution in [1.29, 1.82) is 0 Å². The van der Waals surface area contributed by atoms with Gasteiger partial charge in [-0.2, -0.15) is 0 Å². The Labute approximate surface area is 143 Å². The lowest BCUT2D eigenvalue weighted by atomic mass is 9.99. The Morgan fingerprint density at radius 2 is 2.04 bits per heavy atom. The van der Waals surface area contributed by atoms with E-state index in [-0.39, 0.29) is 13.0 Å². The summed E-state index contributed by atoms with van der Waals surface area (Å²) < 4.78 is 31.7. The van der Waals surface area contributed by atoms with Crippen molar-refractivity contribution >= 4 is 15.9 Å². The summed E-state index contributed by atoms with van der Waals surface area (Å²) in [6.07, 6.45) is 2.61. The molecule has 0 aliphatic heterocycles. The van der Waals surface area contributed by atoms with Crippen LogP contribution in [0, 0.1) is 0 Å². The lowest BCUT2D eigenvalue weighted by molar-refractivity contribution is -0.123. The molecular weight excluding hydrogens is 328 g/mol. The minimum Gasteiger partial charge on any atom is -0.375 e. The smallest absolute Gasteiger partial charge is 0.253 e. The number of hydrogen-bond acceptors (Lipinski definition) is 5. The molecule has 132 valence electrons. The highest BCUT2D eigenvalue weighted by molar-refractivity contribution is 7.91. The average molecular weight is 352 g/mol. The molecule has 0 heterocycles. The number of carbonyl (C=O) groups is 1. The molecule has 0 radical (unpaired) electrons. The molecular formula is C17H24N2O4S. The number of rotatable bonds is 9. The molecule has 1 atom stereocenters. The third-order valence-electron chi connectivity index (χ3n) is 4.17. The molecule has 3 N–H and O–H groups in total. The SMILES string of the molecule is C=CCC(C)(N)C(=O)NS(=O)(=O)C1(COCc2ccccc2)CC1. The van der Waals surface area contributed by atoms with E-state index in [2.05, 4.69) is 11.3 Å². The Hall–Kier alpha value is -1.70. The predicted octanol–water partition coefficient (Wildman–Crippen LogP) is 1.48. The first-order valence-electron chi connectivity index (χ1n) is 7.81. The number of ether oxygens (including phenoxy) is 1. The van der Waals surface area contributed by atoms with Gasteiger partial charge in [0, 0.05) is 0 Å². The van der Waals surface area contributed by atoms with Crippen molar-refractivity contribution in [1.82, 2.24) is 4.72 Å². The van der Waals surface area contributed by atoms with Gasteiger partial charge < -0.3 is 10.5 Å². The molecule has 1 aliphatic carbocycles. The van der Waals surface area contributed by atoms with Gasteiger partial charge in [-0.3, -0.25) is 9.52 Å². The fourth-order valence-electron chi connectivity index (χ4n) is 2.30. The molecule has 1 aromatic carbocycles. The molecule has 1 aliphatic rings. The van der Waals surface area contributed by atoms with Crippen molar-refractivity contribution in [3.05, 3.63) is 48.6 Å². The molecule has 24 heavy (non-hydrogen) atoms. The van der Waals surface area contributed by atoms with Crippen LogP contribution in [0.25, 0.3) is 0 Å². The molecule has 1 amide bonds. The first kappa shape index (κ1) is 18.6. The van der Waals surface area contributed by atoms with Gasteiger partial charge in [0.1, 0.15) is 4.75 Å². The molecule has 0 bridgehead atoms. The number of nitrogens with two attached hydrogens (primary N) is 1. The Balaban J connectivity index is 1.95. The van der Waals surface area contributed by atoms with E-state index < -0.39 is 26.2 Å². The standard InChI is InChI=1S/C17H24N2O4S/c1-3-9-16(2,18)15(20)19-24(21,22)17(10-11-17)13-23-12-14-7-5-4-6-8-14/h3-8H,1,9-13,18H2,2H3,(H,19,20). The van der Waals surface area contributed by atoms with Gasteiger partial charge in [0.25, 0.3) is 5.91 Å². The largest absolute Gasteiger partial charge is 0.375 e. The number of amides is 1. The van der Waals surface area contributed by atoms with Gasteiger partial charge in [-0.15, -0.1) is 6.58 Å². The number of sulfonamides is 1. The van der Waals surface area contributed by atoms with E-state index in [0.717, 1.165) is 5.56 Å². The molecule has 1 saturated carbocycles. The fraction of sp³-hybridized carbons (Fsp3) is 0.471. The van der Waals surface area contributed by atoms with Gasteiger partial charge in [-0.1, -0.05) is 36.4 Å². The summed E-state index contributed by atoms with van der Waals surface area (Å²) >= 11 is 0. The van der Waals surface area contributed by atoms with Crippen molar-refractivity contribution in [2.75, 3.05) is 6.61 Å². The topological polar surface area (TPSA) is 98.5 Å². The Morgan fingerprint density at radius 1 is 1.42 bits per heavy atom. The first-order valence-corrected chi connectivity index (χ1v) is 9.29. The van der Waals surface area contributed by atoms with E-state index in [1.165, 1.54) is 13.0 Å². The minimum atomic E-state index is -3.84. The third kappa shape index (κ3) is 4.23. The maximum absolute atomic E-state index is 12.5. The van der Waals surface area contributed by atoms with E-state index in [4.69, 9.17) is 10.5 Å². The fourth-order valence-corrected chi connectivity index (χ4v) is 3.87. The van der Waals surface area contributed by atoms with Crippen LogP contribution in [0.15, 0.2) is 43.0 Å². The van der Waals surface area contributed by atoms with E-state index in [1.807, 2.05) is 30.3 Å². The van der Waals surface area contributed by atoms with Crippen LogP contribution in [-0.4, -0.2) is 31.2 Å².